The van der Waals surface area contributed by atoms with Crippen molar-refractivity contribution in [1.82, 2.24) is 4.90 Å². The average Bonchev–Trinajstić information content (AvgIpc) is 3.00. The normalized spacial score (nSPS) is 21.9. The zero-order valence-electron chi connectivity index (χ0n) is 14.0. The lowest BCUT2D eigenvalue weighted by molar-refractivity contribution is -0.120. The summed E-state index contributed by atoms with van der Waals surface area (Å²) in [6.45, 7) is 2.89. The standard InChI is InChI=1S/C19H21F2N3O/c1-12(19(25)23-18-15(20)8-5-9-16(18)21)24-10-14(17(22)11-24)13-6-3-2-4-7-13/h2-9,12,14,17H,10-11,22H2,1H3,(H,23,25)/t12?,14-,17+/m0/s1. The lowest BCUT2D eigenvalue weighted by Crippen LogP contribution is -2.42. The van der Waals surface area contributed by atoms with E-state index in [1.165, 1.54) is 6.07 Å². The summed E-state index contributed by atoms with van der Waals surface area (Å²) in [6, 6.07) is 12.8. The number of nitrogens with two attached hydrogens (primary N) is 1. The Morgan fingerprint density at radius 3 is 2.40 bits per heavy atom. The third-order valence-corrected chi connectivity index (χ3v) is 4.76. The summed E-state index contributed by atoms with van der Waals surface area (Å²) in [4.78, 5) is 14.4. The molecule has 3 atom stereocenters. The van der Waals surface area contributed by atoms with Gasteiger partial charge in [-0.15, -0.1) is 0 Å². The number of nitrogens with zero attached hydrogens (tertiary/aromatic N) is 1. The number of amides is 1. The van der Waals surface area contributed by atoms with E-state index < -0.39 is 29.3 Å². The van der Waals surface area contributed by atoms with E-state index in [1.807, 2.05) is 35.2 Å². The van der Waals surface area contributed by atoms with Crippen LogP contribution in [0.1, 0.15) is 18.4 Å². The number of likely N-dealkylation sites (tertiary alicyclic amines) is 1. The van der Waals surface area contributed by atoms with Crippen LogP contribution in [0.2, 0.25) is 0 Å². The van der Waals surface area contributed by atoms with Gasteiger partial charge >= 0.3 is 0 Å². The lowest BCUT2D eigenvalue weighted by atomic mass is 9.95. The Balaban J connectivity index is 1.69. The Morgan fingerprint density at radius 1 is 1.12 bits per heavy atom. The number of para-hydroxylation sites is 1. The first-order chi connectivity index (χ1) is 12.0. The molecular weight excluding hydrogens is 324 g/mol. The maximum atomic E-state index is 13.7. The molecule has 0 aliphatic carbocycles. The van der Waals surface area contributed by atoms with Crippen LogP contribution >= 0.6 is 0 Å². The van der Waals surface area contributed by atoms with Crippen LogP contribution in [-0.2, 0) is 4.79 Å². The van der Waals surface area contributed by atoms with Crippen LogP contribution in [0.3, 0.4) is 0 Å². The zero-order chi connectivity index (χ0) is 18.0. The van der Waals surface area contributed by atoms with Gasteiger partial charge in [0.1, 0.15) is 17.3 Å². The minimum atomic E-state index is -0.791. The second-order valence-electron chi connectivity index (χ2n) is 6.40. The summed E-state index contributed by atoms with van der Waals surface area (Å²) >= 11 is 0. The molecule has 1 unspecified atom stereocenters. The number of carbonyl (C=O) groups is 1. The summed E-state index contributed by atoms with van der Waals surface area (Å²) in [5.41, 5.74) is 6.96. The molecule has 2 aromatic rings. The number of halogens is 2. The largest absolute Gasteiger partial charge is 0.326 e. The van der Waals surface area contributed by atoms with Gasteiger partial charge in [-0.1, -0.05) is 36.4 Å². The number of benzene rings is 2. The van der Waals surface area contributed by atoms with Crippen LogP contribution in [0.25, 0.3) is 0 Å². The van der Waals surface area contributed by atoms with Crippen molar-refractivity contribution in [3.05, 3.63) is 65.7 Å². The van der Waals surface area contributed by atoms with Gasteiger partial charge in [0.2, 0.25) is 5.91 Å². The molecule has 2 aromatic carbocycles. The Bertz CT molecular complexity index is 733. The monoisotopic (exact) mass is 345 g/mol. The molecule has 4 nitrogen and oxygen atoms in total. The van der Waals surface area contributed by atoms with Crippen LogP contribution in [0.5, 0.6) is 0 Å². The number of rotatable bonds is 4. The van der Waals surface area contributed by atoms with Crippen molar-refractivity contribution in [2.45, 2.75) is 24.9 Å². The van der Waals surface area contributed by atoms with Crippen molar-refractivity contribution in [2.75, 3.05) is 18.4 Å². The van der Waals surface area contributed by atoms with Gasteiger partial charge in [-0.2, -0.15) is 0 Å². The maximum absolute atomic E-state index is 13.7. The van der Waals surface area contributed by atoms with Crippen LogP contribution in [-0.4, -0.2) is 36.0 Å². The summed E-state index contributed by atoms with van der Waals surface area (Å²) < 4.78 is 27.4. The van der Waals surface area contributed by atoms with Gasteiger partial charge in [0, 0.05) is 25.0 Å². The molecule has 0 spiro atoms. The molecule has 25 heavy (non-hydrogen) atoms. The van der Waals surface area contributed by atoms with E-state index in [9.17, 15) is 13.6 Å². The van der Waals surface area contributed by atoms with Crippen molar-refractivity contribution in [3.63, 3.8) is 0 Å². The van der Waals surface area contributed by atoms with Crippen LogP contribution in [0.15, 0.2) is 48.5 Å². The number of hydrogen-bond acceptors (Lipinski definition) is 3. The molecule has 1 fully saturated rings. The van der Waals surface area contributed by atoms with Crippen LogP contribution < -0.4 is 11.1 Å². The molecule has 0 radical (unpaired) electrons. The highest BCUT2D eigenvalue weighted by atomic mass is 19.1. The smallest absolute Gasteiger partial charge is 0.241 e. The molecular formula is C19H21F2N3O. The molecule has 1 heterocycles. The van der Waals surface area contributed by atoms with Crippen molar-refractivity contribution in [3.8, 4) is 0 Å². The van der Waals surface area contributed by atoms with Crippen LogP contribution in [0.4, 0.5) is 14.5 Å². The fourth-order valence-corrected chi connectivity index (χ4v) is 3.24. The van der Waals surface area contributed by atoms with Crippen molar-refractivity contribution < 1.29 is 13.6 Å². The van der Waals surface area contributed by atoms with Gasteiger partial charge in [0.15, 0.2) is 0 Å². The molecule has 3 rings (SSSR count). The highest BCUT2D eigenvalue weighted by molar-refractivity contribution is 5.94. The molecule has 1 aliphatic heterocycles. The molecule has 132 valence electrons. The molecule has 1 saturated heterocycles. The summed E-state index contributed by atoms with van der Waals surface area (Å²) in [5, 5.41) is 2.35. The molecule has 0 aromatic heterocycles. The molecule has 1 amide bonds. The van der Waals surface area contributed by atoms with Gasteiger partial charge < -0.3 is 11.1 Å². The van der Waals surface area contributed by atoms with Crippen molar-refractivity contribution >= 4 is 11.6 Å². The Hall–Kier alpha value is -2.31. The van der Waals surface area contributed by atoms with Gasteiger partial charge in [0.25, 0.3) is 0 Å². The molecule has 3 N–H and O–H groups in total. The number of carbonyl (C=O) groups excluding carboxylic acids is 1. The van der Waals surface area contributed by atoms with Gasteiger partial charge in [-0.3, -0.25) is 9.69 Å². The van der Waals surface area contributed by atoms with Gasteiger partial charge in [-0.25, -0.2) is 8.78 Å². The number of nitrogens with one attached hydrogen (secondary N) is 1. The minimum Gasteiger partial charge on any atom is -0.326 e. The van der Waals surface area contributed by atoms with Gasteiger partial charge in [-0.05, 0) is 24.6 Å². The first-order valence-corrected chi connectivity index (χ1v) is 8.27. The lowest BCUT2D eigenvalue weighted by Gasteiger charge is -2.23. The molecule has 0 bridgehead atoms. The first kappa shape index (κ1) is 17.5. The van der Waals surface area contributed by atoms with Crippen molar-refractivity contribution in [2.24, 2.45) is 5.73 Å². The van der Waals surface area contributed by atoms with E-state index in [2.05, 4.69) is 5.32 Å². The second kappa shape index (κ2) is 7.29. The maximum Gasteiger partial charge on any atom is 0.241 e. The average molecular weight is 345 g/mol. The quantitative estimate of drug-likeness (QED) is 0.896. The number of anilines is 1. The van der Waals surface area contributed by atoms with E-state index >= 15 is 0 Å². The Kier molecular flexibility index (Phi) is 5.11. The van der Waals surface area contributed by atoms with E-state index in [4.69, 9.17) is 5.73 Å². The molecule has 0 saturated carbocycles. The predicted octanol–water partition coefficient (Wildman–Crippen LogP) is 2.72. The summed E-state index contributed by atoms with van der Waals surface area (Å²) in [7, 11) is 0. The molecule has 1 aliphatic rings. The molecule has 6 heteroatoms. The fourth-order valence-electron chi connectivity index (χ4n) is 3.24. The highest BCUT2D eigenvalue weighted by Crippen LogP contribution is 2.28. The third kappa shape index (κ3) is 3.70. The Labute approximate surface area is 145 Å². The zero-order valence-corrected chi connectivity index (χ0v) is 14.0. The van der Waals surface area contributed by atoms with Gasteiger partial charge in [0.05, 0.1) is 6.04 Å². The Morgan fingerprint density at radius 2 is 1.76 bits per heavy atom. The summed E-state index contributed by atoms with van der Waals surface area (Å²) in [5.74, 6) is -1.91. The van der Waals surface area contributed by atoms with E-state index in [-0.39, 0.29) is 12.0 Å². The van der Waals surface area contributed by atoms with Crippen LogP contribution in [0, 0.1) is 11.6 Å². The third-order valence-electron chi connectivity index (χ3n) is 4.76. The van der Waals surface area contributed by atoms with E-state index in [0.29, 0.717) is 13.1 Å². The predicted molar refractivity (Wildman–Crippen MR) is 93.2 cm³/mol. The highest BCUT2D eigenvalue weighted by Gasteiger charge is 2.36. The van der Waals surface area contributed by atoms with Crippen molar-refractivity contribution in [1.29, 1.82) is 0 Å². The topological polar surface area (TPSA) is 58.4 Å². The van der Waals surface area contributed by atoms with E-state index in [0.717, 1.165) is 17.7 Å². The summed E-state index contributed by atoms with van der Waals surface area (Å²) in [6.07, 6.45) is 0. The SMILES string of the molecule is CC(C(=O)Nc1c(F)cccc1F)N1C[C@@H](N)[C@H](c2ccccc2)C1. The number of hydrogen-bond donors (Lipinski definition) is 2. The minimum absolute atomic E-state index is 0.0946. The van der Waals surface area contributed by atoms with E-state index in [1.54, 1.807) is 6.92 Å². The first-order valence-electron chi connectivity index (χ1n) is 8.27. The fraction of sp³-hybridized carbons (Fsp3) is 0.316. The second-order valence-corrected chi connectivity index (χ2v) is 6.40.